The molecule has 0 spiro atoms. The molecule has 0 amide bonds. The molecule has 0 fully saturated rings. The van der Waals surface area contributed by atoms with E-state index < -0.39 is 6.10 Å². The monoisotopic (exact) mass is 765 g/mol. The Bertz CT molecular complexity index is 824. The molecule has 6 nitrogen and oxygen atoms in total. The molecular weight excluding hydrogens is 673 g/mol. The average molecular weight is 765 g/mol. The molecule has 0 saturated carbocycles. The van der Waals surface area contributed by atoms with Crippen molar-refractivity contribution in [2.75, 3.05) is 13.2 Å². The average Bonchev–Trinajstić information content (AvgIpc) is 3.14. The van der Waals surface area contributed by atoms with Crippen LogP contribution >= 0.6 is 0 Å². The summed E-state index contributed by atoms with van der Waals surface area (Å²) >= 11 is 0. The van der Waals surface area contributed by atoms with Gasteiger partial charge in [-0.25, -0.2) is 0 Å². The maximum absolute atomic E-state index is 12.7. The van der Waals surface area contributed by atoms with E-state index in [4.69, 9.17) is 14.2 Å². The van der Waals surface area contributed by atoms with Crippen molar-refractivity contribution in [2.24, 2.45) is 11.8 Å². The van der Waals surface area contributed by atoms with Gasteiger partial charge in [-0.2, -0.15) is 0 Å². The van der Waals surface area contributed by atoms with E-state index in [1.807, 2.05) is 0 Å². The molecule has 0 aliphatic rings. The number of esters is 3. The van der Waals surface area contributed by atoms with E-state index in [0.717, 1.165) is 69.6 Å². The first kappa shape index (κ1) is 52.4. The Balaban J connectivity index is 4.33. The van der Waals surface area contributed by atoms with E-state index in [9.17, 15) is 14.4 Å². The summed E-state index contributed by atoms with van der Waals surface area (Å²) in [6, 6.07) is 0. The smallest absolute Gasteiger partial charge is 0.306 e. The normalized spacial score (nSPS) is 12.1. The van der Waals surface area contributed by atoms with Gasteiger partial charge in [0.25, 0.3) is 0 Å². The zero-order valence-electron chi connectivity index (χ0n) is 36.8. The summed E-state index contributed by atoms with van der Waals surface area (Å²) in [6.45, 7) is 11.3. The molecule has 6 heteroatoms. The van der Waals surface area contributed by atoms with E-state index in [1.54, 1.807) is 0 Å². The van der Waals surface area contributed by atoms with Crippen LogP contribution in [0.25, 0.3) is 0 Å². The molecule has 54 heavy (non-hydrogen) atoms. The number of carbonyl (C=O) groups is 3. The minimum Gasteiger partial charge on any atom is -0.462 e. The highest BCUT2D eigenvalue weighted by Gasteiger charge is 2.19. The zero-order valence-corrected chi connectivity index (χ0v) is 36.8. The summed E-state index contributed by atoms with van der Waals surface area (Å²) in [5.74, 6) is 0.745. The van der Waals surface area contributed by atoms with Crippen molar-refractivity contribution in [2.45, 2.75) is 265 Å². The minimum atomic E-state index is -0.761. The van der Waals surface area contributed by atoms with E-state index >= 15 is 0 Å². The highest BCUT2D eigenvalue weighted by molar-refractivity contribution is 5.71. The van der Waals surface area contributed by atoms with Gasteiger partial charge >= 0.3 is 17.9 Å². The van der Waals surface area contributed by atoms with Gasteiger partial charge in [0.15, 0.2) is 6.10 Å². The third-order valence-corrected chi connectivity index (χ3v) is 10.7. The predicted octanol–water partition coefficient (Wildman–Crippen LogP) is 15.0. The van der Waals surface area contributed by atoms with Crippen molar-refractivity contribution in [1.82, 2.24) is 0 Å². The minimum absolute atomic E-state index is 0.0649. The van der Waals surface area contributed by atoms with Crippen molar-refractivity contribution >= 4 is 17.9 Å². The third kappa shape index (κ3) is 41.6. The highest BCUT2D eigenvalue weighted by Crippen LogP contribution is 2.17. The number of carbonyl (C=O) groups excluding carboxylic acids is 3. The number of hydrogen-bond acceptors (Lipinski definition) is 6. The molecule has 0 aliphatic carbocycles. The lowest BCUT2D eigenvalue weighted by molar-refractivity contribution is -0.167. The van der Waals surface area contributed by atoms with Crippen LogP contribution in [-0.2, 0) is 28.6 Å². The van der Waals surface area contributed by atoms with Crippen LogP contribution in [0.2, 0.25) is 0 Å². The fourth-order valence-electron chi connectivity index (χ4n) is 7.11. The standard InChI is InChI=1S/C48H92O6/c1-6-7-8-9-10-11-12-13-14-17-23-28-33-38-46(49)52-41-45(54-48(51)40-35-30-25-20-19-22-27-32-37-44(4)5)42-53-47(50)39-34-29-24-18-15-16-21-26-31-36-43(2)3/h43-45H,6-42H2,1-5H3/t45-/m0/s1. The van der Waals surface area contributed by atoms with Crippen LogP contribution in [0.4, 0.5) is 0 Å². The van der Waals surface area contributed by atoms with Crippen LogP contribution in [-0.4, -0.2) is 37.2 Å². The molecule has 0 saturated heterocycles. The van der Waals surface area contributed by atoms with Crippen LogP contribution < -0.4 is 0 Å². The lowest BCUT2D eigenvalue weighted by Crippen LogP contribution is -2.30. The topological polar surface area (TPSA) is 78.9 Å². The number of unbranched alkanes of at least 4 members (excludes halogenated alkanes) is 27. The predicted molar refractivity (Wildman–Crippen MR) is 229 cm³/mol. The first-order valence-corrected chi connectivity index (χ1v) is 23.7. The molecule has 0 heterocycles. The van der Waals surface area contributed by atoms with Crippen LogP contribution in [0, 0.1) is 11.8 Å². The van der Waals surface area contributed by atoms with Crippen molar-refractivity contribution in [1.29, 1.82) is 0 Å². The molecule has 0 N–H and O–H groups in total. The van der Waals surface area contributed by atoms with E-state index in [0.29, 0.717) is 19.3 Å². The van der Waals surface area contributed by atoms with Crippen LogP contribution in [0.15, 0.2) is 0 Å². The SMILES string of the molecule is CCCCCCCCCCCCCCCC(=O)OC[C@@H](COC(=O)CCCCCCCCCCCC(C)C)OC(=O)CCCCCCCCCCC(C)C. The van der Waals surface area contributed by atoms with Crippen molar-refractivity contribution < 1.29 is 28.6 Å². The summed E-state index contributed by atoms with van der Waals surface area (Å²) in [6.07, 6.45) is 39.5. The van der Waals surface area contributed by atoms with Crippen LogP contribution in [0.5, 0.6) is 0 Å². The Labute approximate surface area is 336 Å². The Hall–Kier alpha value is -1.59. The Kier molecular flexibility index (Phi) is 39.8. The molecule has 0 aromatic carbocycles. The molecule has 0 aromatic rings. The molecule has 0 unspecified atom stereocenters. The summed E-state index contributed by atoms with van der Waals surface area (Å²) in [4.78, 5) is 37.8. The summed E-state index contributed by atoms with van der Waals surface area (Å²) in [7, 11) is 0. The van der Waals surface area contributed by atoms with Gasteiger partial charge in [-0.05, 0) is 31.1 Å². The Morgan fingerprint density at radius 1 is 0.352 bits per heavy atom. The number of rotatable bonds is 42. The van der Waals surface area contributed by atoms with Gasteiger partial charge in [-0.3, -0.25) is 14.4 Å². The van der Waals surface area contributed by atoms with Gasteiger partial charge in [0.2, 0.25) is 0 Å². The molecule has 0 radical (unpaired) electrons. The van der Waals surface area contributed by atoms with Gasteiger partial charge in [-0.15, -0.1) is 0 Å². The highest BCUT2D eigenvalue weighted by atomic mass is 16.6. The second kappa shape index (κ2) is 41.1. The summed E-state index contributed by atoms with van der Waals surface area (Å²) in [5.41, 5.74) is 0. The first-order chi connectivity index (χ1) is 26.2. The first-order valence-electron chi connectivity index (χ1n) is 23.7. The van der Waals surface area contributed by atoms with Crippen LogP contribution in [0.3, 0.4) is 0 Å². The third-order valence-electron chi connectivity index (χ3n) is 10.7. The van der Waals surface area contributed by atoms with Gasteiger partial charge < -0.3 is 14.2 Å². The maximum Gasteiger partial charge on any atom is 0.306 e. The number of ether oxygens (including phenoxy) is 3. The Morgan fingerprint density at radius 2 is 0.611 bits per heavy atom. The van der Waals surface area contributed by atoms with E-state index in [1.165, 1.54) is 148 Å². The lowest BCUT2D eigenvalue weighted by Gasteiger charge is -2.18. The zero-order chi connectivity index (χ0) is 39.7. The molecule has 1 atom stereocenters. The molecule has 320 valence electrons. The van der Waals surface area contributed by atoms with Crippen molar-refractivity contribution in [3.8, 4) is 0 Å². The molecular formula is C48H92O6. The van der Waals surface area contributed by atoms with Gasteiger partial charge in [0.1, 0.15) is 13.2 Å². The van der Waals surface area contributed by atoms with Crippen molar-refractivity contribution in [3.63, 3.8) is 0 Å². The maximum atomic E-state index is 12.7. The van der Waals surface area contributed by atoms with Crippen molar-refractivity contribution in [3.05, 3.63) is 0 Å². The van der Waals surface area contributed by atoms with Gasteiger partial charge in [0, 0.05) is 19.3 Å². The summed E-state index contributed by atoms with van der Waals surface area (Å²) < 4.78 is 16.7. The quantitative estimate of drug-likeness (QED) is 0.0350. The largest absolute Gasteiger partial charge is 0.462 e. The van der Waals surface area contributed by atoms with Gasteiger partial charge in [-0.1, -0.05) is 221 Å². The molecule has 0 bridgehead atoms. The Morgan fingerprint density at radius 3 is 0.907 bits per heavy atom. The molecule has 0 rings (SSSR count). The lowest BCUT2D eigenvalue weighted by atomic mass is 10.0. The van der Waals surface area contributed by atoms with E-state index in [-0.39, 0.29) is 31.1 Å². The fraction of sp³-hybridized carbons (Fsp3) is 0.938. The molecule has 0 aliphatic heterocycles. The molecule has 0 aromatic heterocycles. The fourth-order valence-corrected chi connectivity index (χ4v) is 7.11. The second-order valence-corrected chi connectivity index (χ2v) is 17.3. The van der Waals surface area contributed by atoms with Gasteiger partial charge in [0.05, 0.1) is 0 Å². The second-order valence-electron chi connectivity index (χ2n) is 17.3. The number of hydrogen-bond donors (Lipinski definition) is 0. The summed E-state index contributed by atoms with van der Waals surface area (Å²) in [5, 5.41) is 0. The van der Waals surface area contributed by atoms with Crippen LogP contribution in [0.1, 0.15) is 259 Å². The van der Waals surface area contributed by atoms with E-state index in [2.05, 4.69) is 34.6 Å².